The zero-order valence-corrected chi connectivity index (χ0v) is 9.43. The lowest BCUT2D eigenvalue weighted by Crippen LogP contribution is -2.44. The molecule has 3 N–H and O–H groups in total. The highest BCUT2D eigenvalue weighted by molar-refractivity contribution is 6.31. The number of anilines is 1. The first-order valence-corrected chi connectivity index (χ1v) is 5.64. The third-order valence-corrected chi connectivity index (χ3v) is 3.11. The zero-order chi connectivity index (χ0) is 10.7. The van der Waals surface area contributed by atoms with Gasteiger partial charge in [-0.15, -0.1) is 0 Å². The molecule has 0 radical (unpaired) electrons. The summed E-state index contributed by atoms with van der Waals surface area (Å²) in [6, 6.07) is 5.98. The summed E-state index contributed by atoms with van der Waals surface area (Å²) in [6.07, 6.45) is 0. The molecule has 2 rings (SSSR count). The number of rotatable bonds is 2. The minimum absolute atomic E-state index is 0.499. The van der Waals surface area contributed by atoms with Crippen LogP contribution in [0.15, 0.2) is 18.2 Å². The smallest absolute Gasteiger partial charge is 0.0471 e. The van der Waals surface area contributed by atoms with E-state index in [4.69, 9.17) is 17.3 Å². The van der Waals surface area contributed by atoms with E-state index < -0.39 is 0 Å². The van der Waals surface area contributed by atoms with Crippen LogP contribution >= 0.6 is 11.6 Å². The van der Waals surface area contributed by atoms with Gasteiger partial charge in [-0.3, -0.25) is 0 Å². The fraction of sp³-hybridized carbons (Fsp3) is 0.455. The Kier molecular flexibility index (Phi) is 3.46. The number of hydrogen-bond acceptors (Lipinski definition) is 3. The van der Waals surface area contributed by atoms with Crippen LogP contribution in [0.25, 0.3) is 0 Å². The fourth-order valence-electron chi connectivity index (χ4n) is 1.95. The molecule has 1 heterocycles. The van der Waals surface area contributed by atoms with Crippen molar-refractivity contribution in [3.05, 3.63) is 28.8 Å². The molecule has 0 atom stereocenters. The lowest BCUT2D eigenvalue weighted by molar-refractivity contribution is 0.588. The molecule has 1 aliphatic rings. The van der Waals surface area contributed by atoms with Crippen LogP contribution in [0.4, 0.5) is 5.69 Å². The SMILES string of the molecule is NCc1c(Cl)cccc1N1CCNCC1. The summed E-state index contributed by atoms with van der Waals surface area (Å²) in [5.41, 5.74) is 7.97. The van der Waals surface area contributed by atoms with Crippen LogP contribution in [0.5, 0.6) is 0 Å². The molecule has 0 spiro atoms. The molecule has 0 aromatic heterocycles. The van der Waals surface area contributed by atoms with Gasteiger partial charge in [0.2, 0.25) is 0 Å². The van der Waals surface area contributed by atoms with E-state index in [1.54, 1.807) is 0 Å². The predicted molar refractivity (Wildman–Crippen MR) is 64.4 cm³/mol. The van der Waals surface area contributed by atoms with Crippen LogP contribution in [0.3, 0.4) is 0 Å². The third-order valence-electron chi connectivity index (χ3n) is 2.76. The number of piperazine rings is 1. The van der Waals surface area contributed by atoms with Gasteiger partial charge in [0.05, 0.1) is 0 Å². The highest BCUT2D eigenvalue weighted by atomic mass is 35.5. The maximum Gasteiger partial charge on any atom is 0.0471 e. The predicted octanol–water partition coefficient (Wildman–Crippen LogP) is 1.21. The van der Waals surface area contributed by atoms with Crippen LogP contribution < -0.4 is 16.0 Å². The van der Waals surface area contributed by atoms with Crippen LogP contribution in [0.1, 0.15) is 5.56 Å². The van der Waals surface area contributed by atoms with Gasteiger partial charge in [-0.25, -0.2) is 0 Å². The van der Waals surface area contributed by atoms with Gasteiger partial charge in [0.1, 0.15) is 0 Å². The van der Waals surface area contributed by atoms with E-state index in [-0.39, 0.29) is 0 Å². The van der Waals surface area contributed by atoms with Gasteiger partial charge in [-0.05, 0) is 12.1 Å². The minimum Gasteiger partial charge on any atom is -0.369 e. The quantitative estimate of drug-likeness (QED) is 0.795. The van der Waals surface area contributed by atoms with E-state index in [1.807, 2.05) is 12.1 Å². The summed E-state index contributed by atoms with van der Waals surface area (Å²) in [4.78, 5) is 2.34. The minimum atomic E-state index is 0.499. The van der Waals surface area contributed by atoms with E-state index in [2.05, 4.69) is 16.3 Å². The number of nitrogens with two attached hydrogens (primary N) is 1. The molecule has 3 nitrogen and oxygen atoms in total. The molecular formula is C11H16ClN3. The van der Waals surface area contributed by atoms with E-state index in [9.17, 15) is 0 Å². The standard InChI is InChI=1S/C11H16ClN3/c12-10-2-1-3-11(9(10)8-13)15-6-4-14-5-7-15/h1-3,14H,4-8,13H2. The Morgan fingerprint density at radius 3 is 2.73 bits per heavy atom. The van der Waals surface area contributed by atoms with Crippen molar-refractivity contribution in [2.24, 2.45) is 5.73 Å². The summed E-state index contributed by atoms with van der Waals surface area (Å²) in [7, 11) is 0. The second-order valence-corrected chi connectivity index (χ2v) is 4.09. The normalized spacial score (nSPS) is 16.8. The Hall–Kier alpha value is -0.770. The molecule has 0 bridgehead atoms. The number of nitrogens with one attached hydrogen (secondary N) is 1. The van der Waals surface area contributed by atoms with E-state index in [1.165, 1.54) is 5.69 Å². The van der Waals surface area contributed by atoms with Crippen LogP contribution in [0, 0.1) is 0 Å². The lowest BCUT2D eigenvalue weighted by atomic mass is 10.1. The van der Waals surface area contributed by atoms with Gasteiger partial charge in [0.25, 0.3) is 0 Å². The van der Waals surface area contributed by atoms with Crippen molar-refractivity contribution < 1.29 is 0 Å². The average molecular weight is 226 g/mol. The largest absolute Gasteiger partial charge is 0.369 e. The molecule has 1 aromatic carbocycles. The highest BCUT2D eigenvalue weighted by Gasteiger charge is 2.14. The molecule has 82 valence electrons. The first kappa shape index (κ1) is 10.7. The highest BCUT2D eigenvalue weighted by Crippen LogP contribution is 2.27. The van der Waals surface area contributed by atoms with Gasteiger partial charge >= 0.3 is 0 Å². The summed E-state index contributed by atoms with van der Waals surface area (Å²) in [5, 5.41) is 4.10. The summed E-state index contributed by atoms with van der Waals surface area (Å²) in [5.74, 6) is 0. The molecule has 4 heteroatoms. The Balaban J connectivity index is 2.29. The summed E-state index contributed by atoms with van der Waals surface area (Å²) < 4.78 is 0. The van der Waals surface area contributed by atoms with Gasteiger partial charge < -0.3 is 16.0 Å². The molecule has 1 aromatic rings. The molecule has 1 aliphatic heterocycles. The average Bonchev–Trinajstić information content (AvgIpc) is 2.30. The summed E-state index contributed by atoms with van der Waals surface area (Å²) in [6.45, 7) is 4.59. The first-order valence-electron chi connectivity index (χ1n) is 5.26. The zero-order valence-electron chi connectivity index (χ0n) is 8.67. The summed E-state index contributed by atoms with van der Waals surface area (Å²) >= 11 is 6.13. The van der Waals surface area contributed by atoms with Gasteiger partial charge in [0.15, 0.2) is 0 Å². The van der Waals surface area contributed by atoms with Crippen molar-refractivity contribution in [1.82, 2.24) is 5.32 Å². The Morgan fingerprint density at radius 1 is 1.33 bits per heavy atom. The molecule has 0 saturated carbocycles. The second-order valence-electron chi connectivity index (χ2n) is 3.68. The van der Waals surface area contributed by atoms with Crippen LogP contribution in [-0.4, -0.2) is 26.2 Å². The monoisotopic (exact) mass is 225 g/mol. The molecule has 0 aliphatic carbocycles. The number of halogens is 1. The molecule has 1 saturated heterocycles. The van der Waals surface area contributed by atoms with Crippen LogP contribution in [-0.2, 0) is 6.54 Å². The Labute approximate surface area is 95.2 Å². The molecular weight excluding hydrogens is 210 g/mol. The van der Waals surface area contributed by atoms with Crippen molar-refractivity contribution in [2.75, 3.05) is 31.1 Å². The Morgan fingerprint density at radius 2 is 2.07 bits per heavy atom. The van der Waals surface area contributed by atoms with Gasteiger partial charge in [-0.1, -0.05) is 17.7 Å². The molecule has 0 unspecified atom stereocenters. The van der Waals surface area contributed by atoms with E-state index >= 15 is 0 Å². The van der Waals surface area contributed by atoms with Crippen molar-refractivity contribution in [1.29, 1.82) is 0 Å². The van der Waals surface area contributed by atoms with E-state index in [0.29, 0.717) is 6.54 Å². The van der Waals surface area contributed by atoms with Crippen molar-refractivity contribution >= 4 is 17.3 Å². The van der Waals surface area contributed by atoms with Crippen molar-refractivity contribution in [2.45, 2.75) is 6.54 Å². The maximum absolute atomic E-state index is 6.13. The topological polar surface area (TPSA) is 41.3 Å². The molecule has 0 amide bonds. The Bertz CT molecular complexity index is 335. The van der Waals surface area contributed by atoms with Crippen molar-refractivity contribution in [3.63, 3.8) is 0 Å². The third kappa shape index (κ3) is 2.25. The first-order chi connectivity index (χ1) is 7.33. The maximum atomic E-state index is 6.13. The number of nitrogens with zero attached hydrogens (tertiary/aromatic N) is 1. The van der Waals surface area contributed by atoms with E-state index in [0.717, 1.165) is 36.8 Å². The van der Waals surface area contributed by atoms with Crippen molar-refractivity contribution in [3.8, 4) is 0 Å². The lowest BCUT2D eigenvalue weighted by Gasteiger charge is -2.31. The second kappa shape index (κ2) is 4.84. The van der Waals surface area contributed by atoms with Crippen LogP contribution in [0.2, 0.25) is 5.02 Å². The molecule has 15 heavy (non-hydrogen) atoms. The van der Waals surface area contributed by atoms with Gasteiger partial charge in [-0.2, -0.15) is 0 Å². The number of hydrogen-bond donors (Lipinski definition) is 2. The van der Waals surface area contributed by atoms with Gasteiger partial charge in [0, 0.05) is 49.0 Å². The molecule has 1 fully saturated rings. The fourth-order valence-corrected chi connectivity index (χ4v) is 2.20. The number of benzene rings is 1.